The Morgan fingerprint density at radius 1 is 1.26 bits per heavy atom. The van der Waals surface area contributed by atoms with Gasteiger partial charge in [0.05, 0.1) is 5.56 Å². The molecule has 8 heteroatoms. The van der Waals surface area contributed by atoms with Crippen molar-refractivity contribution in [3.05, 3.63) is 57.3 Å². The molecule has 0 fully saturated rings. The Morgan fingerprint density at radius 3 is 2.74 bits per heavy atom. The van der Waals surface area contributed by atoms with Crippen LogP contribution in [-0.4, -0.2) is 22.9 Å². The second-order valence-corrected chi connectivity index (χ2v) is 5.90. The van der Waals surface area contributed by atoms with Crippen molar-refractivity contribution in [3.63, 3.8) is 0 Å². The lowest BCUT2D eigenvalue weighted by molar-refractivity contribution is -0.128. The predicted molar refractivity (Wildman–Crippen MR) is 91.5 cm³/mol. The molecule has 6 nitrogen and oxygen atoms in total. The van der Waals surface area contributed by atoms with Crippen LogP contribution in [0.2, 0.25) is 0 Å². The maximum atomic E-state index is 12.0. The number of hydrogen-bond donors (Lipinski definition) is 3. The van der Waals surface area contributed by atoms with Gasteiger partial charge in [0.25, 0.3) is 11.8 Å². The van der Waals surface area contributed by atoms with Crippen LogP contribution < -0.4 is 15.6 Å². The molecule has 0 saturated heterocycles. The molecule has 0 aliphatic rings. The summed E-state index contributed by atoms with van der Waals surface area (Å²) in [6.07, 6.45) is 0.834. The van der Waals surface area contributed by atoms with Gasteiger partial charge in [-0.15, -0.1) is 0 Å². The van der Waals surface area contributed by atoms with Crippen LogP contribution in [0, 0.1) is 4.64 Å². The SMILES string of the molecule is CC(Oc1cccc(Br)c1)C(=O)NNC(=O)c1ccc[nH]c1=S. The van der Waals surface area contributed by atoms with Crippen molar-refractivity contribution in [1.82, 2.24) is 15.8 Å². The van der Waals surface area contributed by atoms with Crippen molar-refractivity contribution < 1.29 is 14.3 Å². The minimum Gasteiger partial charge on any atom is -0.481 e. The summed E-state index contributed by atoms with van der Waals surface area (Å²) in [4.78, 5) is 26.6. The molecule has 3 N–H and O–H groups in total. The maximum Gasteiger partial charge on any atom is 0.279 e. The first-order valence-corrected chi connectivity index (χ1v) is 7.87. The number of aromatic amines is 1. The van der Waals surface area contributed by atoms with Crippen LogP contribution in [0.4, 0.5) is 0 Å². The van der Waals surface area contributed by atoms with E-state index in [0.29, 0.717) is 5.75 Å². The smallest absolute Gasteiger partial charge is 0.279 e. The van der Waals surface area contributed by atoms with Gasteiger partial charge >= 0.3 is 0 Å². The molecule has 2 rings (SSSR count). The third-order valence-electron chi connectivity index (χ3n) is 2.84. The summed E-state index contributed by atoms with van der Waals surface area (Å²) in [5.74, 6) is -0.446. The van der Waals surface area contributed by atoms with E-state index in [4.69, 9.17) is 17.0 Å². The van der Waals surface area contributed by atoms with Crippen LogP contribution in [0.5, 0.6) is 5.75 Å². The molecule has 1 unspecified atom stereocenters. The zero-order chi connectivity index (χ0) is 16.8. The lowest BCUT2D eigenvalue weighted by Crippen LogP contribution is -2.47. The van der Waals surface area contributed by atoms with Crippen molar-refractivity contribution in [2.75, 3.05) is 0 Å². The van der Waals surface area contributed by atoms with Gasteiger partial charge < -0.3 is 9.72 Å². The van der Waals surface area contributed by atoms with Gasteiger partial charge in [-0.3, -0.25) is 20.4 Å². The number of carbonyl (C=O) groups is 2. The highest BCUT2D eigenvalue weighted by Crippen LogP contribution is 2.18. The quantitative estimate of drug-likeness (QED) is 0.548. The highest BCUT2D eigenvalue weighted by molar-refractivity contribution is 9.10. The van der Waals surface area contributed by atoms with Crippen molar-refractivity contribution in [1.29, 1.82) is 0 Å². The number of aromatic nitrogens is 1. The summed E-state index contributed by atoms with van der Waals surface area (Å²) < 4.78 is 6.63. The average molecular weight is 396 g/mol. The monoisotopic (exact) mass is 395 g/mol. The number of amides is 2. The second kappa shape index (κ2) is 7.89. The van der Waals surface area contributed by atoms with Gasteiger partial charge in [0.15, 0.2) is 6.10 Å². The maximum absolute atomic E-state index is 12.0. The van der Waals surface area contributed by atoms with Crippen molar-refractivity contribution >= 4 is 40.0 Å². The van der Waals surface area contributed by atoms with Gasteiger partial charge in [-0.05, 0) is 37.3 Å². The molecule has 1 aromatic carbocycles. The number of rotatable bonds is 4. The Morgan fingerprint density at radius 2 is 2.04 bits per heavy atom. The predicted octanol–water partition coefficient (Wildman–Crippen LogP) is 2.74. The molecule has 2 aromatic rings. The van der Waals surface area contributed by atoms with E-state index in [1.54, 1.807) is 43.5 Å². The van der Waals surface area contributed by atoms with Crippen LogP contribution >= 0.6 is 28.1 Å². The lowest BCUT2D eigenvalue weighted by Gasteiger charge is -2.15. The molecule has 23 heavy (non-hydrogen) atoms. The van der Waals surface area contributed by atoms with Crippen molar-refractivity contribution in [3.8, 4) is 5.75 Å². The fourth-order valence-corrected chi connectivity index (χ4v) is 2.29. The molecular weight excluding hydrogens is 382 g/mol. The average Bonchev–Trinajstić information content (AvgIpc) is 2.52. The first-order chi connectivity index (χ1) is 11.0. The van der Waals surface area contributed by atoms with Crippen LogP contribution in [0.15, 0.2) is 47.1 Å². The number of benzene rings is 1. The standard InChI is InChI=1S/C15H14BrN3O3S/c1-9(22-11-5-2-4-10(16)8-11)13(20)18-19-14(21)12-6-3-7-17-15(12)23/h2-9H,1H3,(H,17,23)(H,18,20)(H,19,21). The van der Waals surface area contributed by atoms with E-state index in [2.05, 4.69) is 31.8 Å². The third-order valence-corrected chi connectivity index (χ3v) is 3.67. The van der Waals surface area contributed by atoms with Crippen LogP contribution in [-0.2, 0) is 4.79 Å². The molecule has 0 saturated carbocycles. The van der Waals surface area contributed by atoms with E-state index in [0.717, 1.165) is 4.47 Å². The van der Waals surface area contributed by atoms with Gasteiger partial charge in [-0.2, -0.15) is 0 Å². The van der Waals surface area contributed by atoms with Gasteiger partial charge in [0.2, 0.25) is 0 Å². The molecule has 2 amide bonds. The number of H-pyrrole nitrogens is 1. The van der Waals surface area contributed by atoms with Crippen LogP contribution in [0.25, 0.3) is 0 Å². The summed E-state index contributed by atoms with van der Waals surface area (Å²) in [7, 11) is 0. The zero-order valence-corrected chi connectivity index (χ0v) is 14.5. The molecule has 0 radical (unpaired) electrons. The van der Waals surface area contributed by atoms with E-state index >= 15 is 0 Å². The summed E-state index contributed by atoms with van der Waals surface area (Å²) in [5.41, 5.74) is 4.88. The third kappa shape index (κ3) is 4.90. The molecule has 1 atom stereocenters. The molecule has 0 aliphatic carbocycles. The number of pyridine rings is 1. The molecular formula is C15H14BrN3O3S. The first kappa shape index (κ1) is 17.2. The number of hydrogen-bond acceptors (Lipinski definition) is 4. The second-order valence-electron chi connectivity index (χ2n) is 4.57. The van der Waals surface area contributed by atoms with Gasteiger partial charge in [0, 0.05) is 10.7 Å². The number of halogens is 1. The van der Waals surface area contributed by atoms with Crippen LogP contribution in [0.3, 0.4) is 0 Å². The van der Waals surface area contributed by atoms with Gasteiger partial charge in [0.1, 0.15) is 10.4 Å². The minimum atomic E-state index is -0.782. The Balaban J connectivity index is 1.90. The van der Waals surface area contributed by atoms with E-state index in [1.807, 2.05) is 6.07 Å². The number of carbonyl (C=O) groups excluding carboxylic acids is 2. The van der Waals surface area contributed by atoms with E-state index < -0.39 is 17.9 Å². The topological polar surface area (TPSA) is 83.2 Å². The highest BCUT2D eigenvalue weighted by atomic mass is 79.9. The summed E-state index contributed by atoms with van der Waals surface area (Å²) in [6, 6.07) is 10.3. The molecule has 1 heterocycles. The van der Waals surface area contributed by atoms with Gasteiger partial charge in [-0.1, -0.05) is 34.2 Å². The Kier molecular flexibility index (Phi) is 5.89. The summed E-state index contributed by atoms with van der Waals surface area (Å²) >= 11 is 8.32. The number of hydrazine groups is 1. The Bertz CT molecular complexity index is 778. The number of ether oxygens (including phenoxy) is 1. The molecule has 0 spiro atoms. The molecule has 1 aromatic heterocycles. The number of nitrogens with one attached hydrogen (secondary N) is 3. The van der Waals surface area contributed by atoms with E-state index in [1.165, 1.54) is 0 Å². The summed E-state index contributed by atoms with van der Waals surface area (Å²) in [6.45, 7) is 1.58. The van der Waals surface area contributed by atoms with Crippen molar-refractivity contribution in [2.45, 2.75) is 13.0 Å². The largest absolute Gasteiger partial charge is 0.481 e. The fraction of sp³-hybridized carbons (Fsp3) is 0.133. The minimum absolute atomic E-state index is 0.267. The fourth-order valence-electron chi connectivity index (χ4n) is 1.69. The van der Waals surface area contributed by atoms with Crippen LogP contribution in [0.1, 0.15) is 17.3 Å². The molecule has 120 valence electrons. The molecule has 0 bridgehead atoms. The Hall–Kier alpha value is -2.19. The summed E-state index contributed by atoms with van der Waals surface area (Å²) in [5, 5.41) is 0. The first-order valence-electron chi connectivity index (χ1n) is 6.67. The van der Waals surface area contributed by atoms with E-state index in [9.17, 15) is 9.59 Å². The van der Waals surface area contributed by atoms with Gasteiger partial charge in [-0.25, -0.2) is 0 Å². The normalized spacial score (nSPS) is 11.4. The lowest BCUT2D eigenvalue weighted by atomic mass is 10.3. The Labute approximate surface area is 146 Å². The van der Waals surface area contributed by atoms with E-state index in [-0.39, 0.29) is 10.2 Å². The highest BCUT2D eigenvalue weighted by Gasteiger charge is 2.16. The molecule has 0 aliphatic heterocycles. The zero-order valence-electron chi connectivity index (χ0n) is 12.1. The van der Waals surface area contributed by atoms with Crippen molar-refractivity contribution in [2.24, 2.45) is 0 Å².